The van der Waals surface area contributed by atoms with Gasteiger partial charge in [-0.3, -0.25) is 4.79 Å². The molecule has 84 valence electrons. The van der Waals surface area contributed by atoms with E-state index in [2.05, 4.69) is 0 Å². The van der Waals surface area contributed by atoms with Gasteiger partial charge in [0.05, 0.1) is 12.6 Å². The lowest BCUT2D eigenvalue weighted by atomic mass is 10.1. The summed E-state index contributed by atoms with van der Waals surface area (Å²) in [4.78, 5) is 23.6. The first-order chi connectivity index (χ1) is 7.66. The Bertz CT molecular complexity index is 443. The molecule has 0 saturated heterocycles. The number of nitrogens with zero attached hydrogens (tertiary/aromatic N) is 1. The molecule has 1 N–H and O–H groups in total. The molecule has 0 aliphatic carbocycles. The molecule has 0 fully saturated rings. The van der Waals surface area contributed by atoms with Gasteiger partial charge in [-0.15, -0.1) is 0 Å². The summed E-state index contributed by atoms with van der Waals surface area (Å²) in [5, 5.41) is 9.00. The van der Waals surface area contributed by atoms with Gasteiger partial charge in [0.25, 0.3) is 5.91 Å². The molecule has 0 aromatic heterocycles. The molecule has 0 bridgehead atoms. The van der Waals surface area contributed by atoms with Crippen LogP contribution in [-0.2, 0) is 4.74 Å². The maximum Gasteiger partial charge on any atom is 0.415 e. The number of benzene rings is 1. The number of carbonyl (C=O) groups excluding carboxylic acids is 1. The fourth-order valence-corrected chi connectivity index (χ4v) is 1.94. The first kappa shape index (κ1) is 10.6. The lowest BCUT2D eigenvalue weighted by Gasteiger charge is -2.19. The molecule has 1 aromatic carbocycles. The van der Waals surface area contributed by atoms with E-state index in [1.54, 1.807) is 24.3 Å². The molecule has 1 aromatic rings. The Hall–Kier alpha value is -1.88. The van der Waals surface area contributed by atoms with Crippen LogP contribution in [-0.4, -0.2) is 35.7 Å². The summed E-state index contributed by atoms with van der Waals surface area (Å²) >= 11 is 0. The van der Waals surface area contributed by atoms with Crippen LogP contribution >= 0.6 is 0 Å². The summed E-state index contributed by atoms with van der Waals surface area (Å²) in [6.07, 6.45) is -1.25. The number of hydrogen-bond donors (Lipinski definition) is 1. The molecule has 16 heavy (non-hydrogen) atoms. The van der Waals surface area contributed by atoms with Gasteiger partial charge in [0, 0.05) is 12.7 Å². The number of rotatable bonds is 2. The van der Waals surface area contributed by atoms with E-state index in [4.69, 9.17) is 9.84 Å². The zero-order chi connectivity index (χ0) is 11.7. The smallest absolute Gasteiger partial charge is 0.415 e. The van der Waals surface area contributed by atoms with E-state index in [0.717, 1.165) is 4.90 Å². The molecule has 5 nitrogen and oxygen atoms in total. The third kappa shape index (κ3) is 1.45. The second-order valence-corrected chi connectivity index (χ2v) is 3.52. The first-order valence-electron chi connectivity index (χ1n) is 4.81. The van der Waals surface area contributed by atoms with Gasteiger partial charge >= 0.3 is 6.09 Å². The van der Waals surface area contributed by atoms with E-state index in [-0.39, 0.29) is 6.61 Å². The molecule has 1 aliphatic heterocycles. The molecule has 2 rings (SSSR count). The highest BCUT2D eigenvalue weighted by atomic mass is 16.5. The lowest BCUT2D eigenvalue weighted by Crippen LogP contribution is -2.35. The third-order valence-corrected chi connectivity index (χ3v) is 2.61. The van der Waals surface area contributed by atoms with Gasteiger partial charge in [0.2, 0.25) is 0 Å². The Labute approximate surface area is 92.2 Å². The Morgan fingerprint density at radius 2 is 2.19 bits per heavy atom. The highest BCUT2D eigenvalue weighted by molar-refractivity contribution is 6.06. The molecule has 1 heterocycles. The number of hydrogen-bond acceptors (Lipinski definition) is 3. The van der Waals surface area contributed by atoms with Crippen molar-refractivity contribution in [3.8, 4) is 0 Å². The van der Waals surface area contributed by atoms with Crippen LogP contribution in [0.2, 0.25) is 0 Å². The van der Waals surface area contributed by atoms with E-state index in [0.29, 0.717) is 11.1 Å². The van der Waals surface area contributed by atoms with Crippen LogP contribution in [0.25, 0.3) is 0 Å². The number of amides is 2. The van der Waals surface area contributed by atoms with E-state index in [1.165, 1.54) is 7.11 Å². The van der Waals surface area contributed by atoms with Crippen molar-refractivity contribution in [1.29, 1.82) is 0 Å². The largest absolute Gasteiger partial charge is 0.465 e. The Morgan fingerprint density at radius 1 is 1.50 bits per heavy atom. The molecular weight excluding hydrogens is 210 g/mol. The SMILES string of the molecule is COCC1c2ccccc2C(=O)N1C(=O)O. The molecule has 1 aliphatic rings. The summed E-state index contributed by atoms with van der Waals surface area (Å²) < 4.78 is 4.95. The number of fused-ring (bicyclic) bond motifs is 1. The number of ether oxygens (including phenoxy) is 1. The van der Waals surface area contributed by atoms with Crippen LogP contribution in [0.3, 0.4) is 0 Å². The van der Waals surface area contributed by atoms with E-state index < -0.39 is 18.0 Å². The second-order valence-electron chi connectivity index (χ2n) is 3.52. The van der Waals surface area contributed by atoms with E-state index in [9.17, 15) is 9.59 Å². The van der Waals surface area contributed by atoms with Crippen LogP contribution in [0, 0.1) is 0 Å². The van der Waals surface area contributed by atoms with Crippen LogP contribution in [0.5, 0.6) is 0 Å². The molecule has 1 atom stereocenters. The van der Waals surface area contributed by atoms with E-state index in [1.807, 2.05) is 0 Å². The van der Waals surface area contributed by atoms with Crippen LogP contribution in [0.1, 0.15) is 22.0 Å². The minimum atomic E-state index is -1.25. The maximum absolute atomic E-state index is 11.8. The Kier molecular flexibility index (Phi) is 2.62. The Morgan fingerprint density at radius 3 is 2.81 bits per heavy atom. The van der Waals surface area contributed by atoms with Gasteiger partial charge in [-0.2, -0.15) is 0 Å². The molecule has 2 amide bonds. The first-order valence-corrected chi connectivity index (χ1v) is 4.81. The fraction of sp³-hybridized carbons (Fsp3) is 0.273. The highest BCUT2D eigenvalue weighted by Crippen LogP contribution is 2.33. The van der Waals surface area contributed by atoms with Crippen molar-refractivity contribution >= 4 is 12.0 Å². The van der Waals surface area contributed by atoms with Gasteiger partial charge in [0.1, 0.15) is 0 Å². The summed E-state index contributed by atoms with van der Waals surface area (Å²) in [6.45, 7) is 0.176. The predicted octanol–water partition coefficient (Wildman–Crippen LogP) is 1.51. The van der Waals surface area contributed by atoms with Crippen molar-refractivity contribution in [2.45, 2.75) is 6.04 Å². The fourth-order valence-electron chi connectivity index (χ4n) is 1.94. The topological polar surface area (TPSA) is 66.8 Å². The van der Waals surface area contributed by atoms with Crippen LogP contribution < -0.4 is 0 Å². The van der Waals surface area contributed by atoms with Crippen molar-refractivity contribution in [3.63, 3.8) is 0 Å². The molecule has 1 unspecified atom stereocenters. The van der Waals surface area contributed by atoms with Gasteiger partial charge < -0.3 is 9.84 Å². The van der Waals surface area contributed by atoms with Crippen LogP contribution in [0.4, 0.5) is 4.79 Å². The minimum absolute atomic E-state index is 0.176. The minimum Gasteiger partial charge on any atom is -0.465 e. The van der Waals surface area contributed by atoms with Gasteiger partial charge in [-0.25, -0.2) is 9.69 Å². The summed E-state index contributed by atoms with van der Waals surface area (Å²) in [6, 6.07) is 6.33. The van der Waals surface area contributed by atoms with Crippen molar-refractivity contribution in [3.05, 3.63) is 35.4 Å². The molecule has 5 heteroatoms. The molecule has 0 saturated carbocycles. The zero-order valence-corrected chi connectivity index (χ0v) is 8.71. The van der Waals surface area contributed by atoms with Gasteiger partial charge in [-0.1, -0.05) is 18.2 Å². The summed E-state index contributed by atoms with van der Waals surface area (Å²) in [5.74, 6) is -0.481. The lowest BCUT2D eigenvalue weighted by molar-refractivity contribution is 0.0592. The standard InChI is InChI=1S/C11H11NO4/c1-16-6-9-7-4-2-3-5-8(7)10(13)12(9)11(14)15/h2-5,9H,6H2,1H3,(H,14,15). The summed E-state index contributed by atoms with van der Waals surface area (Å²) in [7, 11) is 1.48. The number of methoxy groups -OCH3 is 1. The van der Waals surface area contributed by atoms with E-state index >= 15 is 0 Å². The Balaban J connectivity index is 2.47. The molecule has 0 spiro atoms. The third-order valence-electron chi connectivity index (χ3n) is 2.61. The maximum atomic E-state index is 11.8. The second kappa shape index (κ2) is 3.94. The summed E-state index contributed by atoms with van der Waals surface area (Å²) in [5.41, 5.74) is 1.14. The molecule has 0 radical (unpaired) electrons. The quantitative estimate of drug-likeness (QED) is 0.821. The molecular formula is C11H11NO4. The van der Waals surface area contributed by atoms with Gasteiger partial charge in [-0.05, 0) is 11.6 Å². The number of imide groups is 1. The average Bonchev–Trinajstić information content (AvgIpc) is 2.54. The van der Waals surface area contributed by atoms with Crippen molar-refractivity contribution in [2.24, 2.45) is 0 Å². The monoisotopic (exact) mass is 221 g/mol. The normalized spacial score (nSPS) is 18.7. The average molecular weight is 221 g/mol. The van der Waals surface area contributed by atoms with Crippen molar-refractivity contribution in [1.82, 2.24) is 4.90 Å². The van der Waals surface area contributed by atoms with Crippen LogP contribution in [0.15, 0.2) is 24.3 Å². The van der Waals surface area contributed by atoms with Gasteiger partial charge in [0.15, 0.2) is 0 Å². The highest BCUT2D eigenvalue weighted by Gasteiger charge is 2.40. The number of carbonyl (C=O) groups is 2. The van der Waals surface area contributed by atoms with Crippen molar-refractivity contribution < 1.29 is 19.4 Å². The van der Waals surface area contributed by atoms with Crippen molar-refractivity contribution in [2.75, 3.05) is 13.7 Å². The predicted molar refractivity (Wildman–Crippen MR) is 55.3 cm³/mol. The zero-order valence-electron chi connectivity index (χ0n) is 8.71. The number of carboxylic acid groups (broad SMARTS) is 1.